The lowest BCUT2D eigenvalue weighted by atomic mass is 10.0. The van der Waals surface area contributed by atoms with Crippen LogP contribution in [0.5, 0.6) is 0 Å². The fourth-order valence-electron chi connectivity index (χ4n) is 2.63. The van der Waals surface area contributed by atoms with E-state index >= 15 is 0 Å². The second kappa shape index (κ2) is 4.76. The third-order valence-corrected chi connectivity index (χ3v) is 3.94. The molecule has 0 unspecified atom stereocenters. The van der Waals surface area contributed by atoms with Gasteiger partial charge in [-0.1, -0.05) is 29.8 Å². The van der Waals surface area contributed by atoms with Crippen LogP contribution in [0.15, 0.2) is 48.5 Å². The summed E-state index contributed by atoms with van der Waals surface area (Å²) in [5.41, 5.74) is 0.651. The maximum absolute atomic E-state index is 12.8. The number of hydrogen-bond donors (Lipinski definition) is 1. The van der Waals surface area contributed by atoms with Crippen molar-refractivity contribution in [3.05, 3.63) is 59.1 Å². The van der Waals surface area contributed by atoms with Gasteiger partial charge < -0.3 is 0 Å². The predicted molar refractivity (Wildman–Crippen MR) is 83.0 cm³/mol. The Morgan fingerprint density at radius 3 is 2.43 bits per heavy atom. The minimum absolute atomic E-state index is 0.164. The average molecular weight is 303 g/mol. The van der Waals surface area contributed by atoms with Gasteiger partial charge >= 0.3 is 0 Å². The van der Waals surface area contributed by atoms with Crippen LogP contribution in [-0.2, 0) is 0 Å². The molecule has 0 saturated heterocycles. The standard InChI is InChI=1S/C16H15ClN2O2/c1-16(2)18(12-6-4-3-5-7-12)15(20)13-9-8-11(17)10-14(13)19(16)21/h3-10,21H,1-2H3. The summed E-state index contributed by atoms with van der Waals surface area (Å²) in [7, 11) is 0. The molecule has 1 heterocycles. The van der Waals surface area contributed by atoms with Gasteiger partial charge in [-0.2, -0.15) is 0 Å². The van der Waals surface area contributed by atoms with E-state index in [9.17, 15) is 10.0 Å². The Hall–Kier alpha value is -2.04. The lowest BCUT2D eigenvalue weighted by Crippen LogP contribution is -2.62. The molecule has 5 heteroatoms. The van der Waals surface area contributed by atoms with Gasteiger partial charge in [-0.3, -0.25) is 14.9 Å². The van der Waals surface area contributed by atoms with Crippen LogP contribution in [0.25, 0.3) is 0 Å². The maximum Gasteiger partial charge on any atom is 0.262 e. The zero-order valence-electron chi connectivity index (χ0n) is 11.7. The van der Waals surface area contributed by atoms with Gasteiger partial charge in [-0.05, 0) is 44.2 Å². The quantitative estimate of drug-likeness (QED) is 0.868. The van der Waals surface area contributed by atoms with Gasteiger partial charge in [0, 0.05) is 10.7 Å². The molecule has 2 aromatic carbocycles. The number of amides is 1. The molecule has 0 aromatic heterocycles. The number of rotatable bonds is 1. The minimum atomic E-state index is -0.921. The number of anilines is 2. The number of fused-ring (bicyclic) bond motifs is 1. The van der Waals surface area contributed by atoms with Gasteiger partial charge in [0.1, 0.15) is 5.66 Å². The highest BCUT2D eigenvalue weighted by atomic mass is 35.5. The number of nitrogens with zero attached hydrogens (tertiary/aromatic N) is 2. The monoisotopic (exact) mass is 302 g/mol. The first-order valence-corrected chi connectivity index (χ1v) is 6.99. The number of carbonyl (C=O) groups excluding carboxylic acids is 1. The van der Waals surface area contributed by atoms with Crippen molar-refractivity contribution in [3.8, 4) is 0 Å². The highest BCUT2D eigenvalue weighted by Crippen LogP contribution is 2.39. The molecule has 4 nitrogen and oxygen atoms in total. The highest BCUT2D eigenvalue weighted by molar-refractivity contribution is 6.31. The molecule has 0 bridgehead atoms. The summed E-state index contributed by atoms with van der Waals surface area (Å²) >= 11 is 5.97. The fraction of sp³-hybridized carbons (Fsp3) is 0.188. The number of hydrogen-bond acceptors (Lipinski definition) is 3. The Morgan fingerprint density at radius 1 is 1.10 bits per heavy atom. The Morgan fingerprint density at radius 2 is 1.76 bits per heavy atom. The number of benzene rings is 2. The zero-order valence-corrected chi connectivity index (χ0v) is 12.5. The third-order valence-electron chi connectivity index (χ3n) is 3.70. The SMILES string of the molecule is CC1(C)N(O)c2cc(Cl)ccc2C(=O)N1c1ccccc1. The summed E-state index contributed by atoms with van der Waals surface area (Å²) in [4.78, 5) is 14.4. The molecule has 1 amide bonds. The van der Waals surface area contributed by atoms with E-state index in [4.69, 9.17) is 11.6 Å². The van der Waals surface area contributed by atoms with Crippen LogP contribution in [0.3, 0.4) is 0 Å². The Balaban J connectivity index is 2.20. The summed E-state index contributed by atoms with van der Waals surface area (Å²) < 4.78 is 0. The molecule has 1 aliphatic heterocycles. The molecule has 0 aliphatic carbocycles. The van der Waals surface area contributed by atoms with Crippen LogP contribution in [0.1, 0.15) is 24.2 Å². The molecule has 1 N–H and O–H groups in total. The van der Waals surface area contributed by atoms with Crippen LogP contribution in [0.4, 0.5) is 11.4 Å². The molecule has 2 aromatic rings. The van der Waals surface area contributed by atoms with Gasteiger partial charge in [-0.25, -0.2) is 5.06 Å². The van der Waals surface area contributed by atoms with Crippen molar-refractivity contribution in [2.75, 3.05) is 9.96 Å². The first kappa shape index (κ1) is 13.9. The van der Waals surface area contributed by atoms with Gasteiger partial charge in [-0.15, -0.1) is 0 Å². The van der Waals surface area contributed by atoms with Crippen LogP contribution in [0, 0.1) is 0 Å². The van der Waals surface area contributed by atoms with Crippen molar-refractivity contribution in [3.63, 3.8) is 0 Å². The average Bonchev–Trinajstić information content (AvgIpc) is 2.46. The fourth-order valence-corrected chi connectivity index (χ4v) is 2.80. The third kappa shape index (κ3) is 2.07. The summed E-state index contributed by atoms with van der Waals surface area (Å²) in [6.45, 7) is 3.56. The lowest BCUT2D eigenvalue weighted by molar-refractivity contribution is 0.0873. The Bertz CT molecular complexity index is 701. The summed E-state index contributed by atoms with van der Waals surface area (Å²) in [5, 5.41) is 12.1. The highest BCUT2D eigenvalue weighted by Gasteiger charge is 2.44. The predicted octanol–water partition coefficient (Wildman–Crippen LogP) is 3.93. The van der Waals surface area contributed by atoms with Crippen LogP contribution < -0.4 is 9.96 Å². The number of halogens is 1. The van der Waals surface area contributed by atoms with Crippen molar-refractivity contribution in [1.82, 2.24) is 0 Å². The maximum atomic E-state index is 12.8. The van der Waals surface area contributed by atoms with Crippen LogP contribution in [-0.4, -0.2) is 16.8 Å². The van der Waals surface area contributed by atoms with E-state index < -0.39 is 5.66 Å². The molecule has 108 valence electrons. The van der Waals surface area contributed by atoms with Crippen LogP contribution in [0.2, 0.25) is 5.02 Å². The van der Waals surface area contributed by atoms with Crippen molar-refractivity contribution in [1.29, 1.82) is 0 Å². The van der Waals surface area contributed by atoms with E-state index in [0.717, 1.165) is 10.8 Å². The number of para-hydroxylation sites is 1. The molecule has 0 atom stereocenters. The summed E-state index contributed by atoms with van der Waals surface area (Å²) in [5.74, 6) is -0.164. The Labute approximate surface area is 128 Å². The topological polar surface area (TPSA) is 43.8 Å². The van der Waals surface area contributed by atoms with E-state index in [1.54, 1.807) is 36.9 Å². The van der Waals surface area contributed by atoms with Crippen molar-refractivity contribution in [2.24, 2.45) is 0 Å². The molecule has 1 aliphatic rings. The first-order chi connectivity index (χ1) is 9.93. The molecular formula is C16H15ClN2O2. The molecule has 0 saturated carbocycles. The number of carbonyl (C=O) groups is 1. The zero-order chi connectivity index (χ0) is 15.2. The molecule has 0 spiro atoms. The second-order valence-electron chi connectivity index (χ2n) is 5.44. The van der Waals surface area contributed by atoms with Crippen LogP contribution >= 0.6 is 11.6 Å². The van der Waals surface area contributed by atoms with Gasteiger partial charge in [0.15, 0.2) is 0 Å². The smallest absolute Gasteiger partial charge is 0.262 e. The summed E-state index contributed by atoms with van der Waals surface area (Å²) in [6, 6.07) is 14.2. The van der Waals surface area contributed by atoms with E-state index in [0.29, 0.717) is 16.3 Å². The lowest BCUT2D eigenvalue weighted by Gasteiger charge is -2.48. The van der Waals surface area contributed by atoms with Gasteiger partial charge in [0.05, 0.1) is 11.3 Å². The normalized spacial score (nSPS) is 16.9. The van der Waals surface area contributed by atoms with Gasteiger partial charge in [0.2, 0.25) is 0 Å². The Kier molecular flexibility index (Phi) is 3.15. The number of hydroxylamine groups is 1. The van der Waals surface area contributed by atoms with Crippen molar-refractivity contribution >= 4 is 28.9 Å². The van der Waals surface area contributed by atoms with Crippen molar-refractivity contribution < 1.29 is 10.0 Å². The molecule has 21 heavy (non-hydrogen) atoms. The molecular weight excluding hydrogens is 288 g/mol. The van der Waals surface area contributed by atoms with E-state index in [1.165, 1.54) is 0 Å². The summed E-state index contributed by atoms with van der Waals surface area (Å²) in [6.07, 6.45) is 0. The largest absolute Gasteiger partial charge is 0.286 e. The van der Waals surface area contributed by atoms with E-state index in [1.807, 2.05) is 30.3 Å². The second-order valence-corrected chi connectivity index (χ2v) is 5.88. The van der Waals surface area contributed by atoms with E-state index in [-0.39, 0.29) is 5.91 Å². The first-order valence-electron chi connectivity index (χ1n) is 6.61. The molecule has 0 fully saturated rings. The molecule has 0 radical (unpaired) electrons. The van der Waals surface area contributed by atoms with Gasteiger partial charge in [0.25, 0.3) is 5.91 Å². The molecule has 3 rings (SSSR count). The van der Waals surface area contributed by atoms with Crippen molar-refractivity contribution in [2.45, 2.75) is 19.5 Å². The minimum Gasteiger partial charge on any atom is -0.286 e. The van der Waals surface area contributed by atoms with E-state index in [2.05, 4.69) is 0 Å².